The fourth-order valence-corrected chi connectivity index (χ4v) is 2.53. The number of aromatic nitrogens is 2. The summed E-state index contributed by atoms with van der Waals surface area (Å²) in [5.74, 6) is 0.0932. The van der Waals surface area contributed by atoms with E-state index in [1.54, 1.807) is 4.57 Å². The Bertz CT molecular complexity index is 743. The average Bonchev–Trinajstić information content (AvgIpc) is 2.77. The van der Waals surface area contributed by atoms with E-state index in [0.29, 0.717) is 22.8 Å². The molecule has 0 atom stereocenters. The van der Waals surface area contributed by atoms with Crippen molar-refractivity contribution in [3.05, 3.63) is 46.6 Å². The van der Waals surface area contributed by atoms with Gasteiger partial charge in [0, 0.05) is 23.2 Å². The highest BCUT2D eigenvalue weighted by Gasteiger charge is 2.16. The molecule has 0 aliphatic heterocycles. The van der Waals surface area contributed by atoms with Gasteiger partial charge in [0.1, 0.15) is 11.6 Å². The summed E-state index contributed by atoms with van der Waals surface area (Å²) in [5.41, 5.74) is 0.352. The monoisotopic (exact) mass is 317 g/mol. The van der Waals surface area contributed by atoms with Gasteiger partial charge in [-0.3, -0.25) is 0 Å². The van der Waals surface area contributed by atoms with Crippen molar-refractivity contribution >= 4 is 21.6 Å². The Morgan fingerprint density at radius 2 is 2.15 bits per heavy atom. The van der Waals surface area contributed by atoms with Crippen molar-refractivity contribution in [2.24, 2.45) is 5.14 Å². The molecular weight excluding hydrogens is 305 g/mol. The van der Waals surface area contributed by atoms with Crippen molar-refractivity contribution in [3.63, 3.8) is 0 Å². The number of halogens is 2. The quantitative estimate of drug-likeness (QED) is 0.936. The Morgan fingerprint density at radius 1 is 1.45 bits per heavy atom. The van der Waals surface area contributed by atoms with Gasteiger partial charge < -0.3 is 4.57 Å². The van der Waals surface area contributed by atoms with Gasteiger partial charge in [0.05, 0.1) is 6.54 Å². The standard InChI is InChI=1S/C12H13ClFN3O2S/c1-2-11-16-12(20(15,18)19)7-17(11)6-8-5-9(13)3-4-10(8)14/h3-5,7H,2,6H2,1H3,(H2,15,18,19). The number of aryl methyl sites for hydroxylation is 1. The normalized spacial score (nSPS) is 11.8. The van der Waals surface area contributed by atoms with Gasteiger partial charge in [-0.25, -0.2) is 22.9 Å². The first-order valence-electron chi connectivity index (χ1n) is 5.84. The molecule has 0 aliphatic carbocycles. The Hall–Kier alpha value is -1.44. The van der Waals surface area contributed by atoms with Gasteiger partial charge in [0.15, 0.2) is 5.03 Å². The minimum Gasteiger partial charge on any atom is -0.329 e. The highest BCUT2D eigenvalue weighted by atomic mass is 35.5. The summed E-state index contributed by atoms with van der Waals surface area (Å²) in [6, 6.07) is 4.21. The molecule has 0 fully saturated rings. The maximum atomic E-state index is 13.7. The number of sulfonamides is 1. The van der Waals surface area contributed by atoms with Crippen molar-refractivity contribution < 1.29 is 12.8 Å². The Balaban J connectivity index is 2.43. The van der Waals surface area contributed by atoms with E-state index < -0.39 is 15.8 Å². The summed E-state index contributed by atoms with van der Waals surface area (Å²) in [4.78, 5) is 3.94. The molecule has 2 aromatic rings. The molecule has 2 rings (SSSR count). The Morgan fingerprint density at radius 3 is 2.75 bits per heavy atom. The summed E-state index contributed by atoms with van der Waals surface area (Å²) in [5, 5.41) is 5.23. The lowest BCUT2D eigenvalue weighted by Crippen LogP contribution is -2.12. The van der Waals surface area contributed by atoms with E-state index in [0.717, 1.165) is 0 Å². The molecule has 0 saturated heterocycles. The van der Waals surface area contributed by atoms with Crippen molar-refractivity contribution in [2.45, 2.75) is 24.9 Å². The maximum absolute atomic E-state index is 13.7. The van der Waals surface area contributed by atoms with Crippen LogP contribution < -0.4 is 5.14 Å². The molecule has 5 nitrogen and oxygen atoms in total. The lowest BCUT2D eigenvalue weighted by atomic mass is 10.2. The van der Waals surface area contributed by atoms with E-state index >= 15 is 0 Å². The summed E-state index contributed by atoms with van der Waals surface area (Å²) in [7, 11) is -3.88. The Labute approximate surface area is 121 Å². The number of nitrogens with two attached hydrogens (primary N) is 1. The topological polar surface area (TPSA) is 78.0 Å². The molecule has 108 valence electrons. The lowest BCUT2D eigenvalue weighted by Gasteiger charge is -2.07. The minimum atomic E-state index is -3.88. The van der Waals surface area contributed by atoms with Gasteiger partial charge in [-0.15, -0.1) is 0 Å². The van der Waals surface area contributed by atoms with E-state index in [4.69, 9.17) is 16.7 Å². The van der Waals surface area contributed by atoms with Crippen LogP contribution in [0, 0.1) is 5.82 Å². The van der Waals surface area contributed by atoms with Crippen LogP contribution in [0.25, 0.3) is 0 Å². The molecule has 0 amide bonds. The molecule has 0 radical (unpaired) electrons. The van der Waals surface area contributed by atoms with Crippen molar-refractivity contribution in [1.82, 2.24) is 9.55 Å². The molecular formula is C12H13ClFN3O2S. The average molecular weight is 318 g/mol. The highest BCUT2D eigenvalue weighted by Crippen LogP contribution is 2.18. The number of hydrogen-bond donors (Lipinski definition) is 1. The van der Waals surface area contributed by atoms with Crippen LogP contribution in [0.2, 0.25) is 5.02 Å². The number of nitrogens with zero attached hydrogens (tertiary/aromatic N) is 2. The predicted octanol–water partition coefficient (Wildman–Crippen LogP) is 1.93. The highest BCUT2D eigenvalue weighted by molar-refractivity contribution is 7.89. The number of imidazole rings is 1. The van der Waals surface area contributed by atoms with Crippen LogP contribution in [0.1, 0.15) is 18.3 Å². The van der Waals surface area contributed by atoms with E-state index in [9.17, 15) is 12.8 Å². The summed E-state index contributed by atoms with van der Waals surface area (Å²) in [6.07, 6.45) is 1.80. The van der Waals surface area contributed by atoms with Crippen LogP contribution >= 0.6 is 11.6 Å². The van der Waals surface area contributed by atoms with Gasteiger partial charge in [0.2, 0.25) is 0 Å². The second-order valence-corrected chi connectivity index (χ2v) is 6.20. The third kappa shape index (κ3) is 3.17. The molecule has 0 aliphatic rings. The third-order valence-electron chi connectivity index (χ3n) is 2.79. The van der Waals surface area contributed by atoms with Crippen LogP contribution in [0.5, 0.6) is 0 Å². The zero-order valence-electron chi connectivity index (χ0n) is 10.7. The van der Waals surface area contributed by atoms with E-state index in [2.05, 4.69) is 4.98 Å². The minimum absolute atomic E-state index is 0.137. The largest absolute Gasteiger partial charge is 0.329 e. The number of hydrogen-bond acceptors (Lipinski definition) is 3. The zero-order valence-corrected chi connectivity index (χ0v) is 12.2. The van der Waals surface area contributed by atoms with E-state index in [1.165, 1.54) is 24.4 Å². The summed E-state index contributed by atoms with van der Waals surface area (Å²) >= 11 is 5.83. The first kappa shape index (κ1) is 15.0. The van der Waals surface area contributed by atoms with Gasteiger partial charge in [-0.1, -0.05) is 18.5 Å². The van der Waals surface area contributed by atoms with Crippen LogP contribution in [0.4, 0.5) is 4.39 Å². The first-order valence-corrected chi connectivity index (χ1v) is 7.76. The number of primary sulfonamides is 1. The molecule has 2 N–H and O–H groups in total. The molecule has 1 heterocycles. The number of benzene rings is 1. The van der Waals surface area contributed by atoms with Gasteiger partial charge in [0.25, 0.3) is 10.0 Å². The van der Waals surface area contributed by atoms with Crippen LogP contribution in [0.3, 0.4) is 0 Å². The molecule has 0 bridgehead atoms. The molecule has 1 aromatic carbocycles. The summed E-state index contributed by atoms with van der Waals surface area (Å²) < 4.78 is 37.8. The molecule has 0 unspecified atom stereocenters. The van der Waals surface area contributed by atoms with Crippen LogP contribution in [-0.2, 0) is 23.0 Å². The predicted molar refractivity (Wildman–Crippen MR) is 73.5 cm³/mol. The summed E-state index contributed by atoms with van der Waals surface area (Å²) in [6.45, 7) is 1.96. The fourth-order valence-electron chi connectivity index (χ4n) is 1.83. The van der Waals surface area contributed by atoms with Gasteiger partial charge in [-0.2, -0.15) is 0 Å². The van der Waals surface area contributed by atoms with Crippen molar-refractivity contribution in [2.75, 3.05) is 0 Å². The van der Waals surface area contributed by atoms with Crippen molar-refractivity contribution in [1.29, 1.82) is 0 Å². The van der Waals surface area contributed by atoms with E-state index in [-0.39, 0.29) is 11.6 Å². The third-order valence-corrected chi connectivity index (χ3v) is 3.81. The molecule has 8 heteroatoms. The molecule has 20 heavy (non-hydrogen) atoms. The van der Waals surface area contributed by atoms with Crippen molar-refractivity contribution in [3.8, 4) is 0 Å². The zero-order chi connectivity index (χ0) is 14.9. The van der Waals surface area contributed by atoms with Gasteiger partial charge in [-0.05, 0) is 18.2 Å². The van der Waals surface area contributed by atoms with Gasteiger partial charge >= 0.3 is 0 Å². The SMILES string of the molecule is CCc1nc(S(N)(=O)=O)cn1Cc1cc(Cl)ccc1F. The Kier molecular flexibility index (Phi) is 4.12. The second-order valence-electron chi connectivity index (χ2n) is 4.26. The maximum Gasteiger partial charge on any atom is 0.257 e. The fraction of sp³-hybridized carbons (Fsp3) is 0.250. The molecule has 0 spiro atoms. The molecule has 1 aromatic heterocycles. The smallest absolute Gasteiger partial charge is 0.257 e. The second kappa shape index (κ2) is 5.51. The first-order chi connectivity index (χ1) is 9.31. The van der Waals surface area contributed by atoms with E-state index in [1.807, 2.05) is 6.92 Å². The van der Waals surface area contributed by atoms with Crippen LogP contribution in [0.15, 0.2) is 29.4 Å². The lowest BCUT2D eigenvalue weighted by molar-refractivity contribution is 0.593. The van der Waals surface area contributed by atoms with Crippen LogP contribution in [-0.4, -0.2) is 18.0 Å². The number of rotatable bonds is 4. The molecule has 0 saturated carbocycles.